The Morgan fingerprint density at radius 2 is 2.14 bits per heavy atom. The number of benzene rings is 1. The fourth-order valence-corrected chi connectivity index (χ4v) is 2.30. The molecule has 14 heavy (non-hydrogen) atoms. The van der Waals surface area contributed by atoms with Gasteiger partial charge in [0.05, 0.1) is 11.6 Å². The van der Waals surface area contributed by atoms with E-state index in [1.807, 2.05) is 19.1 Å². The van der Waals surface area contributed by atoms with E-state index in [1.54, 1.807) is 17.8 Å². The van der Waals surface area contributed by atoms with Crippen LogP contribution in [0.3, 0.4) is 0 Å². The molecule has 1 rings (SSSR count). The van der Waals surface area contributed by atoms with Crippen molar-refractivity contribution in [3.63, 3.8) is 0 Å². The van der Waals surface area contributed by atoms with Crippen molar-refractivity contribution in [2.45, 2.75) is 11.8 Å². The topological polar surface area (TPSA) is 9.23 Å². The second-order valence-corrected chi connectivity index (χ2v) is 4.60. The first-order valence-corrected chi connectivity index (χ1v) is 6.13. The number of hydrogen-bond donors (Lipinski definition) is 0. The number of hydrogen-bond acceptors (Lipinski definition) is 2. The van der Waals surface area contributed by atoms with Gasteiger partial charge in [0.1, 0.15) is 0 Å². The molecule has 0 fully saturated rings. The summed E-state index contributed by atoms with van der Waals surface area (Å²) in [5.74, 6) is 0.897. The normalized spacial score (nSPS) is 10.5. The molecule has 0 heterocycles. The Balaban J connectivity index is 2.45. The monoisotopic (exact) mass is 250 g/mol. The van der Waals surface area contributed by atoms with Gasteiger partial charge < -0.3 is 4.74 Å². The minimum atomic E-state index is 0.716. The van der Waals surface area contributed by atoms with Crippen molar-refractivity contribution >= 4 is 35.0 Å². The van der Waals surface area contributed by atoms with E-state index in [1.165, 1.54) is 0 Å². The van der Waals surface area contributed by atoms with E-state index in [0.717, 1.165) is 28.9 Å². The van der Waals surface area contributed by atoms with E-state index >= 15 is 0 Å². The lowest BCUT2D eigenvalue weighted by Crippen LogP contribution is -1.95. The maximum atomic E-state index is 5.99. The first-order chi connectivity index (χ1) is 6.74. The van der Waals surface area contributed by atoms with Crippen LogP contribution in [0.4, 0.5) is 0 Å². The Bertz CT molecular complexity index is 291. The van der Waals surface area contributed by atoms with Crippen LogP contribution in [0.15, 0.2) is 23.1 Å². The van der Waals surface area contributed by atoms with Crippen molar-refractivity contribution in [2.75, 3.05) is 19.0 Å². The van der Waals surface area contributed by atoms with Crippen molar-refractivity contribution in [3.8, 4) is 0 Å². The second kappa shape index (κ2) is 6.57. The molecule has 0 saturated carbocycles. The fourth-order valence-electron chi connectivity index (χ4n) is 0.943. The molecule has 0 aliphatic carbocycles. The van der Waals surface area contributed by atoms with E-state index in [-0.39, 0.29) is 0 Å². The fraction of sp³-hybridized carbons (Fsp3) is 0.400. The van der Waals surface area contributed by atoms with E-state index in [9.17, 15) is 0 Å². The van der Waals surface area contributed by atoms with Crippen LogP contribution in [0.2, 0.25) is 10.0 Å². The largest absolute Gasteiger partial charge is 0.381 e. The van der Waals surface area contributed by atoms with E-state index in [4.69, 9.17) is 27.9 Å². The predicted octanol–water partition coefficient (Wildman–Crippen LogP) is 4.12. The van der Waals surface area contributed by atoms with Crippen LogP contribution in [0, 0.1) is 0 Å². The minimum absolute atomic E-state index is 0.716. The summed E-state index contributed by atoms with van der Waals surface area (Å²) >= 11 is 13.5. The van der Waals surface area contributed by atoms with Crippen molar-refractivity contribution in [1.82, 2.24) is 0 Å². The summed E-state index contributed by atoms with van der Waals surface area (Å²) in [6.07, 6.45) is 0. The third kappa shape index (κ3) is 4.09. The third-order valence-electron chi connectivity index (χ3n) is 1.58. The Morgan fingerprint density at radius 3 is 2.86 bits per heavy atom. The molecule has 0 radical (unpaired) electrons. The molecule has 0 aliphatic rings. The summed E-state index contributed by atoms with van der Waals surface area (Å²) in [6, 6.07) is 5.48. The number of halogens is 2. The quantitative estimate of drug-likeness (QED) is 0.575. The lowest BCUT2D eigenvalue weighted by Gasteiger charge is -2.04. The third-order valence-corrected chi connectivity index (χ3v) is 3.28. The predicted molar refractivity (Wildman–Crippen MR) is 63.7 cm³/mol. The molecule has 0 spiro atoms. The van der Waals surface area contributed by atoms with E-state index in [2.05, 4.69) is 0 Å². The van der Waals surface area contributed by atoms with Gasteiger partial charge >= 0.3 is 0 Å². The van der Waals surface area contributed by atoms with Crippen LogP contribution in [0.1, 0.15) is 6.92 Å². The molecule has 0 bridgehead atoms. The van der Waals surface area contributed by atoms with Crippen molar-refractivity contribution in [2.24, 2.45) is 0 Å². The highest BCUT2D eigenvalue weighted by Gasteiger charge is 2.01. The highest BCUT2D eigenvalue weighted by Crippen LogP contribution is 2.29. The molecular weight excluding hydrogens is 239 g/mol. The summed E-state index contributed by atoms with van der Waals surface area (Å²) in [7, 11) is 0. The zero-order valence-electron chi connectivity index (χ0n) is 7.93. The van der Waals surface area contributed by atoms with Gasteiger partial charge in [-0.15, -0.1) is 11.8 Å². The number of thioether (sulfide) groups is 1. The van der Waals surface area contributed by atoms with Crippen molar-refractivity contribution < 1.29 is 4.74 Å². The van der Waals surface area contributed by atoms with Gasteiger partial charge in [-0.05, 0) is 25.1 Å². The molecule has 1 aromatic rings. The van der Waals surface area contributed by atoms with Crippen LogP contribution in [-0.2, 0) is 4.74 Å². The summed E-state index contributed by atoms with van der Waals surface area (Å²) in [4.78, 5) is 1.01. The highest BCUT2D eigenvalue weighted by molar-refractivity contribution is 7.99. The summed E-state index contributed by atoms with van der Waals surface area (Å²) in [5.41, 5.74) is 0. The van der Waals surface area contributed by atoms with Gasteiger partial charge in [-0.25, -0.2) is 0 Å². The molecule has 1 nitrogen and oxygen atoms in total. The average Bonchev–Trinajstić information content (AvgIpc) is 2.18. The molecule has 0 saturated heterocycles. The molecule has 4 heteroatoms. The maximum absolute atomic E-state index is 5.99. The summed E-state index contributed by atoms with van der Waals surface area (Å²) in [5, 5.41) is 1.46. The van der Waals surface area contributed by atoms with Crippen LogP contribution < -0.4 is 0 Å². The zero-order chi connectivity index (χ0) is 10.4. The van der Waals surface area contributed by atoms with Crippen molar-refractivity contribution in [1.29, 1.82) is 0 Å². The molecule has 78 valence electrons. The smallest absolute Gasteiger partial charge is 0.0560 e. The Morgan fingerprint density at radius 1 is 1.36 bits per heavy atom. The van der Waals surface area contributed by atoms with Gasteiger partial charge in [0, 0.05) is 22.3 Å². The Kier molecular flexibility index (Phi) is 5.71. The highest BCUT2D eigenvalue weighted by atomic mass is 35.5. The van der Waals surface area contributed by atoms with Gasteiger partial charge in [-0.3, -0.25) is 0 Å². The van der Waals surface area contributed by atoms with Gasteiger partial charge in [-0.2, -0.15) is 0 Å². The molecule has 1 aromatic carbocycles. The molecule has 0 aliphatic heterocycles. The van der Waals surface area contributed by atoms with Crippen LogP contribution in [0.25, 0.3) is 0 Å². The van der Waals surface area contributed by atoms with E-state index in [0.29, 0.717) is 5.02 Å². The first kappa shape index (κ1) is 12.2. The summed E-state index contributed by atoms with van der Waals surface area (Å²) in [6.45, 7) is 3.48. The first-order valence-electron chi connectivity index (χ1n) is 4.39. The standard InChI is InChI=1S/C10H12Cl2OS/c1-2-13-5-6-14-10-7-8(11)3-4-9(10)12/h3-4,7H,2,5-6H2,1H3. The van der Waals surface area contributed by atoms with Gasteiger partial charge in [-0.1, -0.05) is 23.2 Å². The Hall–Kier alpha value is 0.110. The molecule has 0 atom stereocenters. The lowest BCUT2D eigenvalue weighted by molar-refractivity contribution is 0.164. The maximum Gasteiger partial charge on any atom is 0.0560 e. The summed E-state index contributed by atoms with van der Waals surface area (Å²) < 4.78 is 5.23. The Labute approximate surface area is 98.7 Å². The second-order valence-electron chi connectivity index (χ2n) is 2.62. The molecule has 0 N–H and O–H groups in total. The molecule has 0 aromatic heterocycles. The minimum Gasteiger partial charge on any atom is -0.381 e. The van der Waals surface area contributed by atoms with Crippen LogP contribution >= 0.6 is 35.0 Å². The van der Waals surface area contributed by atoms with Gasteiger partial charge in [0.15, 0.2) is 0 Å². The number of rotatable bonds is 5. The molecule has 0 unspecified atom stereocenters. The molecular formula is C10H12Cl2OS. The van der Waals surface area contributed by atoms with Gasteiger partial charge in [0.2, 0.25) is 0 Å². The number of ether oxygens (including phenoxy) is 1. The van der Waals surface area contributed by atoms with Crippen LogP contribution in [-0.4, -0.2) is 19.0 Å². The molecule has 0 amide bonds. The SMILES string of the molecule is CCOCCSc1cc(Cl)ccc1Cl. The van der Waals surface area contributed by atoms with Crippen molar-refractivity contribution in [3.05, 3.63) is 28.2 Å². The van der Waals surface area contributed by atoms with Crippen LogP contribution in [0.5, 0.6) is 0 Å². The average molecular weight is 251 g/mol. The van der Waals surface area contributed by atoms with Gasteiger partial charge in [0.25, 0.3) is 0 Å². The van der Waals surface area contributed by atoms with E-state index < -0.39 is 0 Å². The zero-order valence-corrected chi connectivity index (χ0v) is 10.3. The lowest BCUT2D eigenvalue weighted by atomic mass is 10.4.